The van der Waals surface area contributed by atoms with E-state index < -0.39 is 17.9 Å². The van der Waals surface area contributed by atoms with Crippen molar-refractivity contribution in [3.05, 3.63) is 65.5 Å². The zero-order chi connectivity index (χ0) is 24.3. The maximum absolute atomic E-state index is 12.8. The van der Waals surface area contributed by atoms with Crippen molar-refractivity contribution in [2.75, 3.05) is 19.2 Å². The second kappa shape index (κ2) is 9.38. The number of hydrogen-bond acceptors (Lipinski definition) is 6. The highest BCUT2D eigenvalue weighted by Crippen LogP contribution is 2.32. The van der Waals surface area contributed by atoms with Crippen LogP contribution in [0.25, 0.3) is 5.69 Å². The lowest BCUT2D eigenvalue weighted by molar-refractivity contribution is -0.141. The maximum atomic E-state index is 12.8. The normalized spacial score (nSPS) is 11.3. The Morgan fingerprint density at radius 3 is 2.45 bits per heavy atom. The van der Waals surface area contributed by atoms with Crippen LogP contribution >= 0.6 is 0 Å². The molecule has 0 bridgehead atoms. The Morgan fingerprint density at radius 1 is 1.15 bits per heavy atom. The molecule has 0 spiro atoms. The van der Waals surface area contributed by atoms with Gasteiger partial charge in [0.2, 0.25) is 0 Å². The molecule has 33 heavy (non-hydrogen) atoms. The first kappa shape index (κ1) is 23.9. The van der Waals surface area contributed by atoms with Gasteiger partial charge in [-0.05, 0) is 48.9 Å². The first-order chi connectivity index (χ1) is 15.5. The molecule has 1 heterocycles. The van der Waals surface area contributed by atoms with Gasteiger partial charge in [0.25, 0.3) is 0 Å². The van der Waals surface area contributed by atoms with Gasteiger partial charge in [-0.3, -0.25) is 5.01 Å². The topological polar surface area (TPSA) is 112 Å². The number of nitrogens with two attached hydrogens (primary N) is 2. The SMILES string of the molecule is COc1cccc(N(N)C(=O)N(C)N)c1COc1ccc(-n2ccc(C(F)(F)F)n2)cc1C. The number of amides is 2. The lowest BCUT2D eigenvalue weighted by atomic mass is 10.1. The molecule has 2 aromatic carbocycles. The number of carbonyl (C=O) groups excluding carboxylic acids is 1. The summed E-state index contributed by atoms with van der Waals surface area (Å²) in [4.78, 5) is 12.2. The van der Waals surface area contributed by atoms with E-state index in [9.17, 15) is 18.0 Å². The van der Waals surface area contributed by atoms with Crippen LogP contribution in [0.4, 0.5) is 23.7 Å². The molecule has 2 amide bonds. The molecule has 0 atom stereocenters. The molecule has 4 N–H and O–H groups in total. The lowest BCUT2D eigenvalue weighted by Gasteiger charge is -2.24. The Hall–Kier alpha value is -3.77. The van der Waals surface area contributed by atoms with E-state index in [4.69, 9.17) is 21.2 Å². The average Bonchev–Trinajstić information content (AvgIpc) is 3.28. The molecule has 0 unspecified atom stereocenters. The minimum atomic E-state index is -4.52. The molecule has 0 radical (unpaired) electrons. The third-order valence-electron chi connectivity index (χ3n) is 4.77. The summed E-state index contributed by atoms with van der Waals surface area (Å²) in [7, 11) is 2.83. The summed E-state index contributed by atoms with van der Waals surface area (Å²) >= 11 is 0. The second-order valence-electron chi connectivity index (χ2n) is 7.10. The van der Waals surface area contributed by atoms with Gasteiger partial charge < -0.3 is 9.47 Å². The van der Waals surface area contributed by atoms with E-state index in [2.05, 4.69) is 5.10 Å². The number of aromatic nitrogens is 2. The molecule has 0 aliphatic rings. The molecule has 3 aromatic rings. The van der Waals surface area contributed by atoms with Crippen molar-refractivity contribution < 1.29 is 27.4 Å². The number of nitrogens with zero attached hydrogens (tertiary/aromatic N) is 4. The van der Waals surface area contributed by atoms with Crippen molar-refractivity contribution in [2.24, 2.45) is 11.7 Å². The van der Waals surface area contributed by atoms with E-state index in [0.717, 1.165) is 20.8 Å². The Kier molecular flexibility index (Phi) is 6.79. The molecular weight excluding hydrogens is 441 g/mol. The average molecular weight is 464 g/mol. The molecule has 3 rings (SSSR count). The van der Waals surface area contributed by atoms with Crippen LogP contribution in [0.1, 0.15) is 16.8 Å². The highest BCUT2D eigenvalue weighted by Gasteiger charge is 2.33. The van der Waals surface area contributed by atoms with E-state index in [1.54, 1.807) is 43.3 Å². The maximum Gasteiger partial charge on any atom is 0.435 e. The summed E-state index contributed by atoms with van der Waals surface area (Å²) < 4.78 is 50.9. The van der Waals surface area contributed by atoms with E-state index >= 15 is 0 Å². The predicted molar refractivity (Wildman–Crippen MR) is 115 cm³/mol. The number of rotatable bonds is 6. The van der Waals surface area contributed by atoms with E-state index in [-0.39, 0.29) is 6.61 Å². The van der Waals surface area contributed by atoms with Crippen LogP contribution in [-0.4, -0.2) is 35.0 Å². The second-order valence-corrected chi connectivity index (χ2v) is 7.10. The standard InChI is InChI=1S/C21H23F3N6O3/c1-13-11-14(29-10-9-19(27-29)21(22,23)24)7-8-17(13)33-12-15-16(5-4-6-18(15)32-3)30(26)20(31)28(2)25/h4-11H,12,25-26H2,1-3H3. The molecule has 0 fully saturated rings. The zero-order valence-corrected chi connectivity index (χ0v) is 18.1. The van der Waals surface area contributed by atoms with Gasteiger partial charge in [0.1, 0.15) is 18.1 Å². The fraction of sp³-hybridized carbons (Fsp3) is 0.238. The van der Waals surface area contributed by atoms with Crippen LogP contribution in [0.5, 0.6) is 11.5 Å². The van der Waals surface area contributed by atoms with Gasteiger partial charge in [-0.1, -0.05) is 6.07 Å². The van der Waals surface area contributed by atoms with Gasteiger partial charge in [-0.2, -0.15) is 18.3 Å². The van der Waals surface area contributed by atoms with Crippen molar-refractivity contribution in [1.29, 1.82) is 0 Å². The Morgan fingerprint density at radius 2 is 1.88 bits per heavy atom. The number of urea groups is 1. The summed E-state index contributed by atoms with van der Waals surface area (Å²) in [6.07, 6.45) is -3.28. The summed E-state index contributed by atoms with van der Waals surface area (Å²) in [5.74, 6) is 12.4. The number of methoxy groups -OCH3 is 1. The van der Waals surface area contributed by atoms with E-state index in [1.165, 1.54) is 20.4 Å². The van der Waals surface area contributed by atoms with Crippen molar-refractivity contribution in [1.82, 2.24) is 14.8 Å². The minimum Gasteiger partial charge on any atom is -0.496 e. The number of carbonyl (C=O) groups is 1. The fourth-order valence-corrected chi connectivity index (χ4v) is 3.10. The summed E-state index contributed by atoms with van der Waals surface area (Å²) in [5, 5.41) is 5.29. The van der Waals surface area contributed by atoms with Crippen LogP contribution in [0.2, 0.25) is 0 Å². The largest absolute Gasteiger partial charge is 0.496 e. The smallest absolute Gasteiger partial charge is 0.435 e. The highest BCUT2D eigenvalue weighted by atomic mass is 19.4. The van der Waals surface area contributed by atoms with Gasteiger partial charge in [-0.25, -0.2) is 26.2 Å². The number of halogens is 3. The van der Waals surface area contributed by atoms with Gasteiger partial charge in [-0.15, -0.1) is 0 Å². The molecule has 1 aromatic heterocycles. The first-order valence-electron chi connectivity index (χ1n) is 9.62. The van der Waals surface area contributed by atoms with Crippen molar-refractivity contribution in [3.8, 4) is 17.2 Å². The van der Waals surface area contributed by atoms with Gasteiger partial charge in [0.05, 0.1) is 24.0 Å². The third-order valence-corrected chi connectivity index (χ3v) is 4.77. The number of aryl methyl sites for hydroxylation is 1. The molecule has 0 saturated heterocycles. The molecule has 176 valence electrons. The molecule has 0 aliphatic heterocycles. The van der Waals surface area contributed by atoms with Crippen molar-refractivity contribution >= 4 is 11.7 Å². The Bertz CT molecular complexity index is 1150. The number of ether oxygens (including phenoxy) is 2. The first-order valence-corrected chi connectivity index (χ1v) is 9.62. The fourth-order valence-electron chi connectivity index (χ4n) is 3.10. The molecule has 12 heteroatoms. The summed E-state index contributed by atoms with van der Waals surface area (Å²) in [6, 6.07) is 10.1. The molecule has 0 saturated carbocycles. The van der Waals surface area contributed by atoms with Crippen LogP contribution < -0.4 is 26.2 Å². The van der Waals surface area contributed by atoms with Crippen LogP contribution in [0, 0.1) is 6.92 Å². The monoisotopic (exact) mass is 464 g/mol. The number of anilines is 1. The Labute approximate surface area is 187 Å². The molecular formula is C21H23F3N6O3. The number of hydrazine groups is 2. The van der Waals surface area contributed by atoms with E-state index in [1.807, 2.05) is 0 Å². The predicted octanol–water partition coefficient (Wildman–Crippen LogP) is 3.39. The lowest BCUT2D eigenvalue weighted by Crippen LogP contribution is -2.49. The summed E-state index contributed by atoms with van der Waals surface area (Å²) in [6.45, 7) is 1.74. The number of alkyl halides is 3. The highest BCUT2D eigenvalue weighted by molar-refractivity contribution is 5.91. The van der Waals surface area contributed by atoms with Crippen LogP contribution in [-0.2, 0) is 12.8 Å². The van der Waals surface area contributed by atoms with Crippen molar-refractivity contribution in [3.63, 3.8) is 0 Å². The quantitative estimate of drug-likeness (QED) is 0.329. The Balaban J connectivity index is 1.84. The van der Waals surface area contributed by atoms with Crippen LogP contribution in [0.15, 0.2) is 48.7 Å². The molecule has 0 aliphatic carbocycles. The van der Waals surface area contributed by atoms with Crippen LogP contribution in [0.3, 0.4) is 0 Å². The van der Waals surface area contributed by atoms with Gasteiger partial charge in [0.15, 0.2) is 5.69 Å². The third kappa shape index (κ3) is 5.18. The molecule has 9 nitrogen and oxygen atoms in total. The van der Waals surface area contributed by atoms with Gasteiger partial charge in [0, 0.05) is 13.2 Å². The number of benzene rings is 2. The summed E-state index contributed by atoms with van der Waals surface area (Å²) in [5.41, 5.74) is 0.965. The van der Waals surface area contributed by atoms with E-state index in [0.29, 0.717) is 34.0 Å². The number of hydrogen-bond donors (Lipinski definition) is 2. The zero-order valence-electron chi connectivity index (χ0n) is 18.1. The van der Waals surface area contributed by atoms with Crippen molar-refractivity contribution in [2.45, 2.75) is 19.7 Å². The van der Waals surface area contributed by atoms with Gasteiger partial charge >= 0.3 is 12.2 Å². The minimum absolute atomic E-state index is 0.00517.